The molecule has 4 aromatic rings. The number of epoxide rings is 1. The molecule has 26 nitrogen and oxygen atoms in total. The first kappa shape index (κ1) is 64.1. The number of carbonyl (C=O) groups is 9. The Morgan fingerprint density at radius 2 is 1.07 bits per heavy atom. The van der Waals surface area contributed by atoms with E-state index in [1.54, 1.807) is 54.6 Å². The summed E-state index contributed by atoms with van der Waals surface area (Å²) in [5, 5.41) is 38.2. The summed E-state index contributed by atoms with van der Waals surface area (Å²) in [6, 6.07) is 17.1. The number of hydrogen-bond donors (Lipinski definition) is 16. The second-order valence-corrected chi connectivity index (χ2v) is 24.8. The van der Waals surface area contributed by atoms with Crippen molar-refractivity contribution >= 4 is 127 Å². The maximum absolute atomic E-state index is 14.4. The van der Waals surface area contributed by atoms with Gasteiger partial charge in [0.1, 0.15) is 29.9 Å². The number of ether oxygens (including phenoxy) is 1. The number of aromatic hydroxyl groups is 1. The molecule has 0 spiro atoms. The standard InChI is InChI=1S/C50H62As2N10O16S2/c53-35(23-79-25-43(66)56-32-12-8-30(9-13-32)51(74)75)44(67)58-37(21-29-6-16-34(63)17-7-29)47(70)59-38(20-28-4-2-1-3-5-28)46(69)57-36(18-19-41(54)64)45(68)60-39(22-42(55)65)48(71)61-40(49(72)73)24-80-27-50(26-78-50)62-33-14-10-31(11-15-33)52(76)77/h1-17,35-40,62-63,74-77H,18-27,53H2,(H2,54,64)(H2,55,65)(H,56,66)(H,57,69)(H,58,67)(H,59,70)(H,60,68)(H,61,71)(H,72,73). The van der Waals surface area contributed by atoms with E-state index in [9.17, 15) is 69.7 Å². The first-order chi connectivity index (χ1) is 38.0. The van der Waals surface area contributed by atoms with Gasteiger partial charge in [-0.2, -0.15) is 0 Å². The molecule has 30 heteroatoms. The fourth-order valence-electron chi connectivity index (χ4n) is 7.44. The molecule has 1 saturated heterocycles. The summed E-state index contributed by atoms with van der Waals surface area (Å²) < 4.78 is 44.3. The summed E-state index contributed by atoms with van der Waals surface area (Å²) in [6.07, 6.45) is -2.19. The van der Waals surface area contributed by atoms with E-state index in [1.807, 2.05) is 0 Å². The Balaban J connectivity index is 1.27. The number of carbonyl (C=O) groups excluding carboxylic acids is 8. The van der Waals surface area contributed by atoms with Gasteiger partial charge in [-0.1, -0.05) is 42.5 Å². The number of hydrogen-bond acceptors (Lipinski definition) is 19. The molecule has 0 aliphatic carbocycles. The minimum absolute atomic E-state index is 0.0862. The number of amides is 8. The second kappa shape index (κ2) is 31.3. The molecule has 7 unspecified atom stereocenters. The predicted octanol–water partition coefficient (Wildman–Crippen LogP) is -4.54. The Labute approximate surface area is 477 Å². The van der Waals surface area contributed by atoms with Crippen molar-refractivity contribution in [3.05, 3.63) is 114 Å². The minimum atomic E-state index is -3.09. The van der Waals surface area contributed by atoms with Gasteiger partial charge in [0.25, 0.3) is 0 Å². The van der Waals surface area contributed by atoms with E-state index < -0.39 is 145 Å². The number of nitrogens with one attached hydrogen (secondary N) is 7. The number of phenols is 1. The number of nitrogens with two attached hydrogens (primary N) is 3. The van der Waals surface area contributed by atoms with Crippen LogP contribution in [0.15, 0.2) is 103 Å². The first-order valence-electron chi connectivity index (χ1n) is 24.3. The number of carboxylic acid groups (broad SMARTS) is 1. The van der Waals surface area contributed by atoms with E-state index in [1.165, 1.54) is 48.5 Å². The predicted molar refractivity (Wildman–Crippen MR) is 298 cm³/mol. The molecule has 5 rings (SSSR count). The molecule has 430 valence electrons. The zero-order valence-electron chi connectivity index (χ0n) is 42.6. The molecule has 1 aliphatic heterocycles. The normalized spacial score (nSPS) is 15.9. The Kier molecular flexibility index (Phi) is 25.1. The van der Waals surface area contributed by atoms with Gasteiger partial charge in [-0.3, -0.25) is 28.8 Å². The van der Waals surface area contributed by atoms with Gasteiger partial charge in [-0.15, -0.1) is 0 Å². The molecule has 80 heavy (non-hydrogen) atoms. The van der Waals surface area contributed by atoms with Crippen molar-refractivity contribution in [1.29, 1.82) is 0 Å². The van der Waals surface area contributed by atoms with Crippen molar-refractivity contribution in [2.45, 2.75) is 74.1 Å². The monoisotopic (exact) mass is 1270 g/mol. The Morgan fingerprint density at radius 1 is 0.588 bits per heavy atom. The van der Waals surface area contributed by atoms with Gasteiger partial charge in [-0.05, 0) is 29.7 Å². The van der Waals surface area contributed by atoms with Crippen molar-refractivity contribution in [2.75, 3.05) is 40.3 Å². The molecule has 0 aromatic heterocycles. The molecular weight excluding hydrogens is 1210 g/mol. The third kappa shape index (κ3) is 21.7. The van der Waals surface area contributed by atoms with Crippen molar-refractivity contribution < 1.29 is 74.5 Å². The average Bonchev–Trinajstić information content (AvgIpc) is 4.20. The number of aliphatic carboxylic acids is 1. The van der Waals surface area contributed by atoms with E-state index in [0.717, 1.165) is 23.5 Å². The fraction of sp³-hybridized carbons (Fsp3) is 0.340. The summed E-state index contributed by atoms with van der Waals surface area (Å²) in [4.78, 5) is 119. The molecule has 7 atom stereocenters. The van der Waals surface area contributed by atoms with Gasteiger partial charge in [-0.25, -0.2) is 0 Å². The van der Waals surface area contributed by atoms with Gasteiger partial charge in [0.05, 0.1) is 6.42 Å². The number of thioether (sulfide) groups is 2. The quantitative estimate of drug-likeness (QED) is 0.0158. The molecule has 1 heterocycles. The zero-order valence-corrected chi connectivity index (χ0v) is 47.9. The van der Waals surface area contributed by atoms with Crippen LogP contribution in [0.3, 0.4) is 0 Å². The summed E-state index contributed by atoms with van der Waals surface area (Å²) in [5.74, 6) is -9.18. The number of phenolic OH excluding ortho intramolecular Hbond substituents is 1. The van der Waals surface area contributed by atoms with E-state index in [4.69, 9.17) is 21.9 Å². The van der Waals surface area contributed by atoms with Gasteiger partial charge in [0, 0.05) is 19.3 Å². The van der Waals surface area contributed by atoms with Gasteiger partial charge < -0.3 is 32.5 Å². The Morgan fingerprint density at radius 3 is 1.60 bits per heavy atom. The van der Waals surface area contributed by atoms with Crippen LogP contribution in [0.2, 0.25) is 0 Å². The maximum atomic E-state index is 14.4. The average molecular weight is 1270 g/mol. The summed E-state index contributed by atoms with van der Waals surface area (Å²) in [5.41, 5.74) is 18.2. The molecular formula is C50H62As2N10O16S2. The number of rotatable bonds is 33. The van der Waals surface area contributed by atoms with Crippen LogP contribution >= 0.6 is 23.5 Å². The van der Waals surface area contributed by atoms with Crippen LogP contribution < -0.4 is 63.1 Å². The molecule has 4 aromatic carbocycles. The van der Waals surface area contributed by atoms with Gasteiger partial charge in [0.2, 0.25) is 29.5 Å². The Hall–Kier alpha value is -6.71. The fourth-order valence-corrected chi connectivity index (χ4v) is 11.1. The van der Waals surface area contributed by atoms with Crippen molar-refractivity contribution in [2.24, 2.45) is 17.2 Å². The van der Waals surface area contributed by atoms with E-state index in [2.05, 4.69) is 37.2 Å². The summed E-state index contributed by atoms with van der Waals surface area (Å²) in [6.45, 7) is 0.255. The van der Waals surface area contributed by atoms with Crippen molar-refractivity contribution in [3.8, 4) is 5.75 Å². The summed E-state index contributed by atoms with van der Waals surface area (Å²) in [7, 11) is 0. The van der Waals surface area contributed by atoms with Crippen molar-refractivity contribution in [1.82, 2.24) is 26.6 Å². The summed E-state index contributed by atoms with van der Waals surface area (Å²) >= 11 is -4.06. The van der Waals surface area contributed by atoms with Crippen molar-refractivity contribution in [3.63, 3.8) is 0 Å². The van der Waals surface area contributed by atoms with Crippen LogP contribution in [0.25, 0.3) is 0 Å². The SMILES string of the molecule is NC(=O)CCC(NC(=O)C(Cc1ccccc1)NC(=O)C(Cc1ccc(O)cc1)NC(=O)C(N)CSCC(=O)Nc1ccc([As](O)O)cc1)C(=O)NC(CC(N)=O)C(=O)NC(CSCC1(Nc2ccc([As](O)O)cc2)CO1)C(=O)O. The molecule has 0 bridgehead atoms. The zero-order chi connectivity index (χ0) is 58.5. The number of primary amides is 2. The molecule has 1 aliphatic rings. The molecule has 0 radical (unpaired) electrons. The number of benzene rings is 4. The third-order valence-corrected chi connectivity index (χ3v) is 17.2. The molecule has 8 amide bonds. The first-order valence-corrected chi connectivity index (χ1v) is 31.9. The topological polar surface area (TPSA) is 450 Å². The van der Waals surface area contributed by atoms with Crippen LogP contribution in [0.4, 0.5) is 11.4 Å². The van der Waals surface area contributed by atoms with E-state index >= 15 is 0 Å². The number of carboxylic acids is 1. The van der Waals surface area contributed by atoms with Crippen LogP contribution in [0, 0.1) is 0 Å². The third-order valence-electron chi connectivity index (χ3n) is 11.7. The van der Waals surface area contributed by atoms with Crippen LogP contribution in [-0.4, -0.2) is 182 Å². The van der Waals surface area contributed by atoms with E-state index in [-0.39, 0.29) is 48.2 Å². The molecule has 19 N–H and O–H groups in total. The Bertz CT molecular complexity index is 2790. The van der Waals surface area contributed by atoms with Gasteiger partial charge >= 0.3 is 262 Å². The van der Waals surface area contributed by atoms with Crippen LogP contribution in [0.5, 0.6) is 5.75 Å². The molecule has 1 fully saturated rings. The second-order valence-electron chi connectivity index (χ2n) is 18.1. The van der Waals surface area contributed by atoms with E-state index in [0.29, 0.717) is 31.2 Å². The van der Waals surface area contributed by atoms with Crippen LogP contribution in [0.1, 0.15) is 30.4 Å². The van der Waals surface area contributed by atoms with Crippen LogP contribution in [-0.2, 0) is 60.7 Å². The molecule has 0 saturated carbocycles. The van der Waals surface area contributed by atoms with Gasteiger partial charge in [0.15, 0.2) is 0 Å². The number of anilines is 2.